The third kappa shape index (κ3) is 6.01. The Bertz CT molecular complexity index is 266. The fourth-order valence-corrected chi connectivity index (χ4v) is 1.24. The van der Waals surface area contributed by atoms with Gasteiger partial charge in [0.25, 0.3) is 0 Å². The molecule has 0 saturated carbocycles. The number of hydrogen-bond acceptors (Lipinski definition) is 5. The van der Waals surface area contributed by atoms with Crippen LogP contribution in [0.15, 0.2) is 0 Å². The molecule has 0 aliphatic carbocycles. The predicted molar refractivity (Wildman–Crippen MR) is 63.1 cm³/mol. The molecule has 0 aromatic rings. The first-order chi connectivity index (χ1) is 7.99. The Hall–Kier alpha value is -0.466. The largest absolute Gasteiger partial charge is 0.479 e. The Labute approximate surface area is 127 Å². The van der Waals surface area contributed by atoms with Crippen LogP contribution < -0.4 is 0 Å². The Kier molecular flexibility index (Phi) is 11.7. The zero-order chi connectivity index (χ0) is 15.1. The summed E-state index contributed by atoms with van der Waals surface area (Å²) in [6, 6.07) is 0. The molecule has 0 aromatic heterocycles. The molecule has 5 N–H and O–H groups in total. The van der Waals surface area contributed by atoms with Crippen LogP contribution >= 0.6 is 0 Å². The summed E-state index contributed by atoms with van der Waals surface area (Å²) in [6.45, 7) is 6.02. The van der Waals surface area contributed by atoms with Gasteiger partial charge in [-0.1, -0.05) is 13.8 Å². The molecule has 7 nitrogen and oxygen atoms in total. The van der Waals surface area contributed by atoms with Crippen LogP contribution in [0.3, 0.4) is 0 Å². The fourth-order valence-electron chi connectivity index (χ4n) is 1.24. The molecule has 19 heavy (non-hydrogen) atoms. The summed E-state index contributed by atoms with van der Waals surface area (Å²) in [5.74, 6) is -3.49. The number of aliphatic hydroxyl groups excluding tert-OH is 1. The number of hydrogen-bond donors (Lipinski definition) is 5. The molecule has 0 heterocycles. The molecule has 0 spiro atoms. The van der Waals surface area contributed by atoms with Crippen LogP contribution in [0.2, 0.25) is 0 Å². The second-order valence-corrected chi connectivity index (χ2v) is 4.13. The summed E-state index contributed by atoms with van der Waals surface area (Å²) in [5, 5.41) is 44.5. The summed E-state index contributed by atoms with van der Waals surface area (Å²) >= 11 is 0. The van der Waals surface area contributed by atoms with Crippen LogP contribution in [0.4, 0.5) is 0 Å². The molecule has 2 atom stereocenters. The SMILES string of the molecule is CC(C)O.CCC(O)(C(=O)O)C(O)(CC)C(=O)O.[Ti]. The Morgan fingerprint density at radius 1 is 0.947 bits per heavy atom. The molecule has 0 bridgehead atoms. The van der Waals surface area contributed by atoms with Crippen molar-refractivity contribution < 1.29 is 56.8 Å². The van der Waals surface area contributed by atoms with E-state index >= 15 is 0 Å². The molecule has 0 rings (SSSR count). The average molecular weight is 314 g/mol. The summed E-state index contributed by atoms with van der Waals surface area (Å²) < 4.78 is 0. The van der Waals surface area contributed by atoms with E-state index in [0.29, 0.717) is 0 Å². The minimum absolute atomic E-state index is 0. The molecule has 0 aromatic carbocycles. The van der Waals surface area contributed by atoms with Crippen LogP contribution in [-0.4, -0.2) is 54.8 Å². The van der Waals surface area contributed by atoms with Crippen molar-refractivity contribution in [3.63, 3.8) is 0 Å². The smallest absolute Gasteiger partial charge is 0.339 e. The normalized spacial score (nSPS) is 16.2. The second-order valence-electron chi connectivity index (χ2n) is 4.13. The van der Waals surface area contributed by atoms with Gasteiger partial charge in [-0.25, -0.2) is 9.59 Å². The van der Waals surface area contributed by atoms with Gasteiger partial charge in [0.05, 0.1) is 0 Å². The van der Waals surface area contributed by atoms with E-state index in [9.17, 15) is 19.8 Å². The zero-order valence-corrected chi connectivity index (χ0v) is 13.1. The van der Waals surface area contributed by atoms with E-state index in [1.807, 2.05) is 0 Å². The maximum Gasteiger partial charge on any atom is 0.339 e. The van der Waals surface area contributed by atoms with E-state index in [-0.39, 0.29) is 40.7 Å². The number of aliphatic hydroxyl groups is 3. The van der Waals surface area contributed by atoms with E-state index < -0.39 is 23.1 Å². The van der Waals surface area contributed by atoms with Crippen molar-refractivity contribution in [2.75, 3.05) is 0 Å². The molecule has 0 fully saturated rings. The topological polar surface area (TPSA) is 135 Å². The average Bonchev–Trinajstić information content (AvgIpc) is 2.25. The molecule has 8 heteroatoms. The van der Waals surface area contributed by atoms with E-state index in [1.54, 1.807) is 13.8 Å². The quantitative estimate of drug-likeness (QED) is 0.444. The van der Waals surface area contributed by atoms with Gasteiger partial charge in [0.1, 0.15) is 0 Å². The van der Waals surface area contributed by atoms with Gasteiger partial charge >= 0.3 is 11.9 Å². The van der Waals surface area contributed by atoms with Gasteiger partial charge in [-0.3, -0.25) is 0 Å². The minimum atomic E-state index is -2.66. The van der Waals surface area contributed by atoms with E-state index in [2.05, 4.69) is 0 Å². The van der Waals surface area contributed by atoms with Gasteiger partial charge in [0.15, 0.2) is 0 Å². The van der Waals surface area contributed by atoms with Crippen molar-refractivity contribution >= 4 is 11.9 Å². The van der Waals surface area contributed by atoms with Crippen LogP contribution in [0.1, 0.15) is 40.5 Å². The number of aliphatic carboxylic acids is 2. The first-order valence-corrected chi connectivity index (χ1v) is 5.59. The standard InChI is InChI=1S/C8H14O6.C3H8O.Ti/c1-3-7(13,5(9)10)8(14,4-2)6(11)12;1-3(2)4;/h13-14H,3-4H2,1-2H3,(H,9,10)(H,11,12);3-4H,1-2H3;. The van der Waals surface area contributed by atoms with Crippen LogP contribution in [0, 0.1) is 0 Å². The van der Waals surface area contributed by atoms with Crippen molar-refractivity contribution in [1.29, 1.82) is 0 Å². The third-order valence-electron chi connectivity index (χ3n) is 2.42. The minimum Gasteiger partial charge on any atom is -0.479 e. The first kappa shape index (κ1) is 23.6. The fraction of sp³-hybridized carbons (Fsp3) is 0.818. The van der Waals surface area contributed by atoms with Crippen molar-refractivity contribution in [2.45, 2.75) is 57.8 Å². The summed E-state index contributed by atoms with van der Waals surface area (Å²) in [4.78, 5) is 21.4. The summed E-state index contributed by atoms with van der Waals surface area (Å²) in [5.41, 5.74) is -5.32. The van der Waals surface area contributed by atoms with Gasteiger partial charge in [0.2, 0.25) is 11.2 Å². The van der Waals surface area contributed by atoms with E-state index in [0.717, 1.165) is 0 Å². The number of carbonyl (C=O) groups is 2. The Morgan fingerprint density at radius 3 is 1.16 bits per heavy atom. The third-order valence-corrected chi connectivity index (χ3v) is 2.42. The maximum atomic E-state index is 10.7. The molecule has 0 saturated heterocycles. The van der Waals surface area contributed by atoms with Crippen LogP contribution in [-0.2, 0) is 31.3 Å². The van der Waals surface area contributed by atoms with Crippen molar-refractivity contribution in [3.8, 4) is 0 Å². The molecular formula is C11H22O7Ti. The number of rotatable bonds is 5. The summed E-state index contributed by atoms with van der Waals surface area (Å²) in [7, 11) is 0. The maximum absolute atomic E-state index is 10.7. The van der Waals surface area contributed by atoms with Crippen molar-refractivity contribution in [2.24, 2.45) is 0 Å². The zero-order valence-electron chi connectivity index (χ0n) is 11.5. The van der Waals surface area contributed by atoms with Crippen LogP contribution in [0.5, 0.6) is 0 Å². The number of carboxylic acid groups (broad SMARTS) is 2. The van der Waals surface area contributed by atoms with Crippen molar-refractivity contribution in [3.05, 3.63) is 0 Å². The van der Waals surface area contributed by atoms with Gasteiger partial charge in [-0.05, 0) is 26.7 Å². The second kappa shape index (κ2) is 9.44. The monoisotopic (exact) mass is 314 g/mol. The predicted octanol–water partition coefficient (Wildman–Crippen LogP) is -0.178. The molecule has 0 radical (unpaired) electrons. The van der Waals surface area contributed by atoms with Crippen LogP contribution in [0.25, 0.3) is 0 Å². The van der Waals surface area contributed by atoms with E-state index in [4.69, 9.17) is 15.3 Å². The summed E-state index contributed by atoms with van der Waals surface area (Å²) in [6.07, 6.45) is -0.946. The molecule has 112 valence electrons. The van der Waals surface area contributed by atoms with Gasteiger partial charge in [-0.15, -0.1) is 0 Å². The van der Waals surface area contributed by atoms with E-state index in [1.165, 1.54) is 13.8 Å². The molecule has 2 unspecified atom stereocenters. The molecule has 0 aliphatic heterocycles. The van der Waals surface area contributed by atoms with Gasteiger partial charge in [-0.2, -0.15) is 0 Å². The molecular weight excluding hydrogens is 292 g/mol. The number of carboxylic acids is 2. The van der Waals surface area contributed by atoms with Gasteiger partial charge < -0.3 is 25.5 Å². The molecule has 0 amide bonds. The molecule has 0 aliphatic rings. The Morgan fingerprint density at radius 2 is 1.11 bits per heavy atom. The Balaban J connectivity index is -0.000000448. The van der Waals surface area contributed by atoms with Crippen molar-refractivity contribution in [1.82, 2.24) is 0 Å². The first-order valence-electron chi connectivity index (χ1n) is 5.59. The van der Waals surface area contributed by atoms with Gasteiger partial charge in [0, 0.05) is 27.8 Å².